The number of rotatable bonds is 2. The minimum absolute atomic E-state index is 0.398. The van der Waals surface area contributed by atoms with E-state index >= 15 is 0 Å². The molecule has 0 saturated heterocycles. The van der Waals surface area contributed by atoms with Gasteiger partial charge in [-0.05, 0) is 46.3 Å². The summed E-state index contributed by atoms with van der Waals surface area (Å²) in [6.45, 7) is 0. The first-order chi connectivity index (χ1) is 14.2. The molecule has 0 saturated carbocycles. The SMILES string of the molecule is O=Nc1ccc2c3ccccc3c3[nH]c(-c4c[nH]c5ccc(Br)cc45)nc3c2c1. The molecule has 6 aromatic rings. The highest BCUT2D eigenvalue weighted by Crippen LogP contribution is 2.38. The number of aromatic amines is 2. The Morgan fingerprint density at radius 2 is 1.69 bits per heavy atom. The molecule has 0 aliphatic heterocycles. The Morgan fingerprint density at radius 1 is 0.862 bits per heavy atom. The normalized spacial score (nSPS) is 11.8. The zero-order valence-corrected chi connectivity index (χ0v) is 16.6. The van der Waals surface area contributed by atoms with Gasteiger partial charge in [0.15, 0.2) is 0 Å². The third-order valence-electron chi connectivity index (χ3n) is 5.45. The molecule has 6 rings (SSSR count). The van der Waals surface area contributed by atoms with Gasteiger partial charge in [0.2, 0.25) is 0 Å². The number of imidazole rings is 1. The average Bonchev–Trinajstić information content (AvgIpc) is 3.37. The summed E-state index contributed by atoms with van der Waals surface area (Å²) in [5.74, 6) is 0.784. The van der Waals surface area contributed by atoms with Gasteiger partial charge in [-0.15, -0.1) is 4.91 Å². The number of benzene rings is 4. The molecule has 4 aromatic carbocycles. The topological polar surface area (TPSA) is 73.9 Å². The number of H-pyrrole nitrogens is 2. The van der Waals surface area contributed by atoms with E-state index in [0.29, 0.717) is 5.69 Å². The van der Waals surface area contributed by atoms with Crippen molar-refractivity contribution in [3.05, 3.63) is 76.2 Å². The van der Waals surface area contributed by atoms with Crippen molar-refractivity contribution in [2.75, 3.05) is 0 Å². The van der Waals surface area contributed by atoms with Crippen LogP contribution in [0.4, 0.5) is 5.69 Å². The van der Waals surface area contributed by atoms with Gasteiger partial charge in [-0.2, -0.15) is 0 Å². The summed E-state index contributed by atoms with van der Waals surface area (Å²) >= 11 is 3.55. The van der Waals surface area contributed by atoms with Crippen LogP contribution < -0.4 is 0 Å². The number of halogens is 1. The summed E-state index contributed by atoms with van der Waals surface area (Å²) in [7, 11) is 0. The van der Waals surface area contributed by atoms with Crippen molar-refractivity contribution in [3.8, 4) is 11.4 Å². The molecule has 0 fully saturated rings. The monoisotopic (exact) mass is 440 g/mol. The second-order valence-corrected chi connectivity index (χ2v) is 7.98. The zero-order chi connectivity index (χ0) is 19.5. The molecule has 2 aromatic heterocycles. The zero-order valence-electron chi connectivity index (χ0n) is 15.0. The summed E-state index contributed by atoms with van der Waals surface area (Å²) in [6.07, 6.45) is 1.97. The quantitative estimate of drug-likeness (QED) is 0.221. The molecule has 0 amide bonds. The second-order valence-electron chi connectivity index (χ2n) is 7.07. The van der Waals surface area contributed by atoms with Crippen LogP contribution in [0.1, 0.15) is 0 Å². The Morgan fingerprint density at radius 3 is 2.55 bits per heavy atom. The van der Waals surface area contributed by atoms with E-state index in [9.17, 15) is 4.91 Å². The Labute approximate surface area is 172 Å². The van der Waals surface area contributed by atoms with Crippen molar-refractivity contribution in [1.82, 2.24) is 15.0 Å². The maximum Gasteiger partial charge on any atom is 0.140 e. The van der Waals surface area contributed by atoms with Crippen LogP contribution in [0.5, 0.6) is 0 Å². The molecule has 138 valence electrons. The molecule has 0 aliphatic rings. The Hall–Kier alpha value is -3.51. The standard InChI is InChI=1S/C23H13BrN4O/c24-12-5-8-20-17(9-12)19(11-25-20)23-26-21-16-4-2-1-3-14(16)15-7-6-13(28-29)10-18(15)22(21)27-23/h1-11,25H,(H,26,27). The van der Waals surface area contributed by atoms with Gasteiger partial charge in [-0.1, -0.05) is 46.3 Å². The van der Waals surface area contributed by atoms with Gasteiger partial charge >= 0.3 is 0 Å². The Kier molecular flexibility index (Phi) is 3.40. The van der Waals surface area contributed by atoms with Crippen molar-refractivity contribution >= 4 is 65.1 Å². The van der Waals surface area contributed by atoms with Crippen molar-refractivity contribution in [1.29, 1.82) is 0 Å². The van der Waals surface area contributed by atoms with E-state index in [1.165, 1.54) is 0 Å². The lowest BCUT2D eigenvalue weighted by Crippen LogP contribution is -1.81. The third-order valence-corrected chi connectivity index (χ3v) is 5.95. The molecule has 2 heterocycles. The van der Waals surface area contributed by atoms with Crippen molar-refractivity contribution in [3.63, 3.8) is 0 Å². The molecule has 0 spiro atoms. The summed E-state index contributed by atoms with van der Waals surface area (Å²) in [6, 6.07) is 19.9. The summed E-state index contributed by atoms with van der Waals surface area (Å²) in [5.41, 5.74) is 4.24. The van der Waals surface area contributed by atoms with Crippen LogP contribution in [0.15, 0.2) is 76.5 Å². The number of hydrogen-bond donors (Lipinski definition) is 2. The lowest BCUT2D eigenvalue weighted by atomic mass is 9.99. The van der Waals surface area contributed by atoms with Crippen LogP contribution in [0.2, 0.25) is 0 Å². The number of aromatic nitrogens is 3. The van der Waals surface area contributed by atoms with Gasteiger partial charge in [0.1, 0.15) is 11.5 Å². The molecule has 0 radical (unpaired) electrons. The van der Waals surface area contributed by atoms with E-state index in [-0.39, 0.29) is 0 Å². The molecule has 0 unspecified atom stereocenters. The molecule has 6 heteroatoms. The number of nitrogens with zero attached hydrogens (tertiary/aromatic N) is 2. The fourth-order valence-electron chi connectivity index (χ4n) is 4.14. The van der Waals surface area contributed by atoms with E-state index in [0.717, 1.165) is 59.3 Å². The smallest absolute Gasteiger partial charge is 0.140 e. The predicted octanol–water partition coefficient (Wildman–Crippen LogP) is 7.18. The summed E-state index contributed by atoms with van der Waals surface area (Å²) in [5, 5.41) is 8.39. The first kappa shape index (κ1) is 16.4. The highest BCUT2D eigenvalue weighted by molar-refractivity contribution is 9.10. The van der Waals surface area contributed by atoms with Gasteiger partial charge < -0.3 is 9.97 Å². The van der Waals surface area contributed by atoms with Crippen LogP contribution in [-0.2, 0) is 0 Å². The maximum atomic E-state index is 11.1. The molecular weight excluding hydrogens is 428 g/mol. The maximum absolute atomic E-state index is 11.1. The second kappa shape index (κ2) is 5.99. The Balaban J connectivity index is 1.76. The summed E-state index contributed by atoms with van der Waals surface area (Å²) < 4.78 is 1.01. The van der Waals surface area contributed by atoms with Crippen molar-refractivity contribution < 1.29 is 0 Å². The number of nitroso groups, excluding NO2 is 1. The first-order valence-corrected chi connectivity index (χ1v) is 9.97. The molecule has 0 atom stereocenters. The lowest BCUT2D eigenvalue weighted by Gasteiger charge is -2.06. The van der Waals surface area contributed by atoms with Crippen LogP contribution >= 0.6 is 15.9 Å². The average molecular weight is 441 g/mol. The van der Waals surface area contributed by atoms with Gasteiger partial charge in [-0.3, -0.25) is 0 Å². The predicted molar refractivity (Wildman–Crippen MR) is 122 cm³/mol. The molecule has 5 nitrogen and oxygen atoms in total. The van der Waals surface area contributed by atoms with Gasteiger partial charge in [-0.25, -0.2) is 4.98 Å². The number of fused-ring (bicyclic) bond motifs is 7. The Bertz CT molecular complexity index is 1600. The molecular formula is C23H13BrN4O. The number of nitrogens with one attached hydrogen (secondary N) is 2. The van der Waals surface area contributed by atoms with E-state index in [1.54, 1.807) is 6.07 Å². The highest BCUT2D eigenvalue weighted by atomic mass is 79.9. The van der Waals surface area contributed by atoms with Gasteiger partial charge in [0, 0.05) is 37.9 Å². The fourth-order valence-corrected chi connectivity index (χ4v) is 4.50. The van der Waals surface area contributed by atoms with Crippen LogP contribution in [0.3, 0.4) is 0 Å². The van der Waals surface area contributed by atoms with Crippen molar-refractivity contribution in [2.24, 2.45) is 5.18 Å². The van der Waals surface area contributed by atoms with Crippen LogP contribution in [0, 0.1) is 4.91 Å². The molecule has 29 heavy (non-hydrogen) atoms. The van der Waals surface area contributed by atoms with Crippen LogP contribution in [0.25, 0.3) is 54.9 Å². The molecule has 2 N–H and O–H groups in total. The first-order valence-electron chi connectivity index (χ1n) is 9.17. The largest absolute Gasteiger partial charge is 0.360 e. The van der Waals surface area contributed by atoms with E-state index in [2.05, 4.69) is 49.3 Å². The summed E-state index contributed by atoms with van der Waals surface area (Å²) in [4.78, 5) is 22.9. The minimum atomic E-state index is 0.398. The minimum Gasteiger partial charge on any atom is -0.360 e. The van der Waals surface area contributed by atoms with Crippen molar-refractivity contribution in [2.45, 2.75) is 0 Å². The van der Waals surface area contributed by atoms with E-state index in [4.69, 9.17) is 4.98 Å². The number of hydrogen-bond acceptors (Lipinski definition) is 3. The fraction of sp³-hybridized carbons (Fsp3) is 0. The van der Waals surface area contributed by atoms with Gasteiger partial charge in [0.25, 0.3) is 0 Å². The molecule has 0 bridgehead atoms. The van der Waals surface area contributed by atoms with Crippen LogP contribution in [-0.4, -0.2) is 15.0 Å². The molecule has 0 aliphatic carbocycles. The van der Waals surface area contributed by atoms with Gasteiger partial charge in [0.05, 0.1) is 11.0 Å². The highest BCUT2D eigenvalue weighted by Gasteiger charge is 2.16. The lowest BCUT2D eigenvalue weighted by molar-refractivity contribution is 1.34. The van der Waals surface area contributed by atoms with E-state index < -0.39 is 0 Å². The van der Waals surface area contributed by atoms with E-state index in [1.807, 2.05) is 42.6 Å². The third kappa shape index (κ3) is 2.36.